The van der Waals surface area contributed by atoms with E-state index in [-0.39, 0.29) is 5.56 Å². The molecule has 2 aromatic carbocycles. The number of aromatic nitrogens is 5. The predicted octanol–water partition coefficient (Wildman–Crippen LogP) is 5.34. The summed E-state index contributed by atoms with van der Waals surface area (Å²) in [5, 5.41) is 13.7. The monoisotopic (exact) mass is 568 g/mol. The number of likely N-dealkylation sites (tertiary alicyclic amines) is 1. The van der Waals surface area contributed by atoms with Gasteiger partial charge in [-0.05, 0) is 68.7 Å². The highest BCUT2D eigenvalue weighted by Gasteiger charge is 2.34. The van der Waals surface area contributed by atoms with Crippen molar-refractivity contribution < 1.29 is 14.1 Å². The van der Waals surface area contributed by atoms with Gasteiger partial charge < -0.3 is 18.7 Å². The van der Waals surface area contributed by atoms with Gasteiger partial charge in [-0.15, -0.1) is 10.2 Å². The number of pyridine rings is 1. The Morgan fingerprint density at radius 2 is 1.85 bits per heavy atom. The molecule has 0 bridgehead atoms. The molecule has 0 atom stereocenters. The lowest BCUT2D eigenvalue weighted by atomic mass is 10.1. The van der Waals surface area contributed by atoms with Gasteiger partial charge in [0.1, 0.15) is 21.5 Å². The Balaban J connectivity index is 0.000000283. The zero-order valence-corrected chi connectivity index (χ0v) is 23.3. The van der Waals surface area contributed by atoms with Crippen LogP contribution in [-0.2, 0) is 11.3 Å². The van der Waals surface area contributed by atoms with E-state index in [1.54, 1.807) is 16.8 Å². The largest absolute Gasteiger partial charge is 0.457 e. The molecule has 1 saturated heterocycles. The quantitative estimate of drug-likeness (QED) is 0.258. The molecule has 208 valence electrons. The second kappa shape index (κ2) is 11.8. The Bertz CT molecular complexity index is 1690. The average Bonchev–Trinajstić information content (AvgIpc) is 3.32. The third-order valence-corrected chi connectivity index (χ3v) is 7.76. The zero-order chi connectivity index (χ0) is 28.2. The smallest absolute Gasteiger partial charge is 0.257 e. The van der Waals surface area contributed by atoms with Gasteiger partial charge in [0.2, 0.25) is 5.91 Å². The maximum atomic E-state index is 12.2. The highest BCUT2D eigenvalue weighted by molar-refractivity contribution is 7.14. The van der Waals surface area contributed by atoms with E-state index in [0.717, 1.165) is 46.1 Å². The van der Waals surface area contributed by atoms with Crippen LogP contribution in [0.3, 0.4) is 0 Å². The van der Waals surface area contributed by atoms with E-state index in [1.807, 2.05) is 60.4 Å². The van der Waals surface area contributed by atoms with Crippen LogP contribution in [0.4, 0.5) is 0 Å². The van der Waals surface area contributed by atoms with Crippen molar-refractivity contribution in [3.63, 3.8) is 0 Å². The fourth-order valence-electron chi connectivity index (χ4n) is 4.64. The van der Waals surface area contributed by atoms with E-state index in [0.29, 0.717) is 35.9 Å². The Kier molecular flexibility index (Phi) is 7.68. The average molecular weight is 569 g/mol. The molecule has 0 N–H and O–H groups in total. The number of aryl methyl sites for hydroxylation is 1. The minimum absolute atomic E-state index is 0.0869. The Hall–Kier alpha value is -4.64. The van der Waals surface area contributed by atoms with Gasteiger partial charge >= 0.3 is 0 Å². The second-order valence-electron chi connectivity index (χ2n) is 9.91. The molecule has 2 fully saturated rings. The maximum Gasteiger partial charge on any atom is 0.257 e. The van der Waals surface area contributed by atoms with Crippen LogP contribution in [0.1, 0.15) is 36.3 Å². The third kappa shape index (κ3) is 6.41. The molecule has 0 unspecified atom stereocenters. The molecule has 4 heterocycles. The maximum absolute atomic E-state index is 12.2. The molecular weight excluding hydrogens is 540 g/mol. The summed E-state index contributed by atoms with van der Waals surface area (Å²) in [4.78, 5) is 29.3. The molecule has 3 aromatic heterocycles. The number of carbonyl (C=O) groups excluding carboxylic acids is 1. The number of nitrogens with zero attached hydrogens (tertiary/aromatic N) is 6. The van der Waals surface area contributed by atoms with Crippen LogP contribution in [0, 0.1) is 6.92 Å². The van der Waals surface area contributed by atoms with Crippen LogP contribution < -0.4 is 10.3 Å². The van der Waals surface area contributed by atoms with Crippen molar-refractivity contribution in [1.82, 2.24) is 29.8 Å². The van der Waals surface area contributed by atoms with Gasteiger partial charge in [-0.2, -0.15) is 4.98 Å². The number of benzene rings is 2. The minimum atomic E-state index is -0.0869. The van der Waals surface area contributed by atoms with Crippen LogP contribution in [0.25, 0.3) is 22.0 Å². The Morgan fingerprint density at radius 3 is 2.51 bits per heavy atom. The number of amides is 1. The molecule has 1 amide bonds. The van der Waals surface area contributed by atoms with Gasteiger partial charge in [0, 0.05) is 48.0 Å². The molecule has 1 saturated carbocycles. The highest BCUT2D eigenvalue weighted by atomic mass is 32.1. The number of rotatable bonds is 7. The van der Waals surface area contributed by atoms with Crippen molar-refractivity contribution in [1.29, 1.82) is 0 Å². The standard InChI is InChI=1S/C23H17N5O3S.C7H11NO/c1-15-26-27-23(32-15)16-7-9-19(10-8-16)30-20-12-17(22-24-14-25-31-22)5-6-18(20)13-28-11-3-2-4-21(28)29;9-7-2-1-5-8(7)6-3-4-6/h2-12,14H,13H2,1H3;6H,1-5H2. The fraction of sp³-hybridized carbons (Fsp3) is 0.267. The van der Waals surface area contributed by atoms with Crippen molar-refractivity contribution in [2.24, 2.45) is 0 Å². The number of hydrogen-bond donors (Lipinski definition) is 0. The lowest BCUT2D eigenvalue weighted by Crippen LogP contribution is -2.26. The first-order valence-electron chi connectivity index (χ1n) is 13.5. The Morgan fingerprint density at radius 1 is 1.02 bits per heavy atom. The lowest BCUT2D eigenvalue weighted by molar-refractivity contribution is -0.128. The van der Waals surface area contributed by atoms with Crippen molar-refractivity contribution in [3.8, 4) is 33.5 Å². The van der Waals surface area contributed by atoms with Gasteiger partial charge in [-0.1, -0.05) is 28.6 Å². The summed E-state index contributed by atoms with van der Waals surface area (Å²) in [6.07, 6.45) is 7.50. The molecule has 41 heavy (non-hydrogen) atoms. The van der Waals surface area contributed by atoms with Gasteiger partial charge in [0.15, 0.2) is 6.33 Å². The first-order chi connectivity index (χ1) is 20.0. The molecule has 5 aromatic rings. The molecule has 11 heteroatoms. The highest BCUT2D eigenvalue weighted by Crippen LogP contribution is 2.33. The number of carbonyl (C=O) groups is 1. The van der Waals surface area contributed by atoms with Crippen LogP contribution in [0.2, 0.25) is 0 Å². The molecule has 0 spiro atoms. The van der Waals surface area contributed by atoms with Gasteiger partial charge in [-0.25, -0.2) is 0 Å². The molecule has 1 aliphatic carbocycles. The predicted molar refractivity (Wildman–Crippen MR) is 154 cm³/mol. The van der Waals surface area contributed by atoms with Gasteiger partial charge in [0.25, 0.3) is 11.4 Å². The van der Waals surface area contributed by atoms with Crippen LogP contribution in [0.15, 0.2) is 82.5 Å². The van der Waals surface area contributed by atoms with E-state index in [9.17, 15) is 9.59 Å². The summed E-state index contributed by atoms with van der Waals surface area (Å²) >= 11 is 1.54. The fourth-order valence-corrected chi connectivity index (χ4v) is 5.33. The first-order valence-corrected chi connectivity index (χ1v) is 14.3. The topological polar surface area (TPSA) is 116 Å². The van der Waals surface area contributed by atoms with Crippen molar-refractivity contribution in [2.75, 3.05) is 6.54 Å². The zero-order valence-electron chi connectivity index (χ0n) is 22.5. The normalized spacial score (nSPS) is 14.6. The summed E-state index contributed by atoms with van der Waals surface area (Å²) in [5.74, 6) is 2.02. The number of ether oxygens (including phenoxy) is 1. The van der Waals surface area contributed by atoms with E-state index < -0.39 is 0 Å². The van der Waals surface area contributed by atoms with E-state index >= 15 is 0 Å². The molecule has 10 nitrogen and oxygen atoms in total. The summed E-state index contributed by atoms with van der Waals surface area (Å²) in [6, 6.07) is 19.0. The van der Waals surface area contributed by atoms with Crippen LogP contribution in [-0.4, -0.2) is 48.3 Å². The van der Waals surface area contributed by atoms with Gasteiger partial charge in [0.05, 0.1) is 6.54 Å². The summed E-state index contributed by atoms with van der Waals surface area (Å²) in [6.45, 7) is 3.32. The molecule has 1 aliphatic heterocycles. The summed E-state index contributed by atoms with van der Waals surface area (Å²) in [7, 11) is 0. The van der Waals surface area contributed by atoms with Crippen molar-refractivity contribution in [3.05, 3.63) is 94.1 Å². The second-order valence-corrected chi connectivity index (χ2v) is 11.1. The third-order valence-electron chi connectivity index (χ3n) is 6.87. The molecule has 0 radical (unpaired) electrons. The Labute approximate surface area is 240 Å². The number of hydrogen-bond acceptors (Lipinski definition) is 9. The molecular formula is C30H28N6O4S. The molecule has 7 rings (SSSR count). The first kappa shape index (κ1) is 26.6. The van der Waals surface area contributed by atoms with E-state index in [1.165, 1.54) is 36.6 Å². The van der Waals surface area contributed by atoms with Gasteiger partial charge in [-0.3, -0.25) is 9.59 Å². The summed E-state index contributed by atoms with van der Waals surface area (Å²) < 4.78 is 13.0. The van der Waals surface area contributed by atoms with Crippen LogP contribution >= 0.6 is 11.3 Å². The van der Waals surface area contributed by atoms with Crippen molar-refractivity contribution >= 4 is 17.2 Å². The summed E-state index contributed by atoms with van der Waals surface area (Å²) in [5.41, 5.74) is 2.45. The van der Waals surface area contributed by atoms with E-state index in [4.69, 9.17) is 9.26 Å². The lowest BCUT2D eigenvalue weighted by Gasteiger charge is -2.14. The van der Waals surface area contributed by atoms with Crippen molar-refractivity contribution in [2.45, 2.75) is 45.2 Å². The minimum Gasteiger partial charge on any atom is -0.457 e. The SMILES string of the molecule is Cc1nnc(-c2ccc(Oc3cc(-c4ncno4)ccc3Cn3ccccc3=O)cc2)s1.O=C1CCCN1C1CC1. The van der Waals surface area contributed by atoms with E-state index in [2.05, 4.69) is 20.3 Å². The van der Waals surface area contributed by atoms with Crippen LogP contribution in [0.5, 0.6) is 11.5 Å². The molecule has 2 aliphatic rings.